The van der Waals surface area contributed by atoms with Crippen molar-refractivity contribution >= 4 is 11.9 Å². The average Bonchev–Trinajstić information content (AvgIpc) is 2.98. The number of carbonyl (C=O) groups is 2. The lowest BCUT2D eigenvalue weighted by molar-refractivity contribution is -0.148. The topological polar surface area (TPSA) is 63.6 Å². The fourth-order valence-corrected chi connectivity index (χ4v) is 6.17. The van der Waals surface area contributed by atoms with E-state index in [1.54, 1.807) is 0 Å². The Hall–Kier alpha value is -1.06. The van der Waals surface area contributed by atoms with Gasteiger partial charge in [0.25, 0.3) is 0 Å². The first-order valence-corrected chi connectivity index (χ1v) is 19.5. The second kappa shape index (κ2) is 35.4. The Balaban J connectivity index is 3.26. The van der Waals surface area contributed by atoms with Crippen LogP contribution in [0.3, 0.4) is 0 Å². The van der Waals surface area contributed by atoms with E-state index in [1.807, 2.05) is 6.92 Å². The number of carboxylic acid groups (broad SMARTS) is 1. The SMILES string of the molecule is CCCCCCCCCCCCCCCCCCCCCCCC(=O)OC(C)CCCCCCCCCCCCC(=O)O. The minimum Gasteiger partial charge on any atom is -0.481 e. The maximum atomic E-state index is 12.1. The highest BCUT2D eigenvalue weighted by Gasteiger charge is 2.09. The zero-order valence-corrected chi connectivity index (χ0v) is 29.3. The van der Waals surface area contributed by atoms with E-state index in [1.165, 1.54) is 161 Å². The molecule has 0 aliphatic carbocycles. The number of unbranched alkanes of at least 4 members (excludes halogenated alkanes) is 29. The molecule has 0 aromatic heterocycles. The van der Waals surface area contributed by atoms with Gasteiger partial charge in [-0.1, -0.05) is 187 Å². The summed E-state index contributed by atoms with van der Waals surface area (Å²) in [5, 5.41) is 8.64. The van der Waals surface area contributed by atoms with E-state index < -0.39 is 5.97 Å². The Bertz CT molecular complexity index is 576. The van der Waals surface area contributed by atoms with Crippen molar-refractivity contribution in [2.45, 2.75) is 238 Å². The van der Waals surface area contributed by atoms with Crippen LogP contribution >= 0.6 is 0 Å². The van der Waals surface area contributed by atoms with Crippen LogP contribution in [0.15, 0.2) is 0 Å². The van der Waals surface area contributed by atoms with E-state index in [0.717, 1.165) is 44.9 Å². The van der Waals surface area contributed by atoms with Gasteiger partial charge in [0.15, 0.2) is 0 Å². The van der Waals surface area contributed by atoms with Crippen molar-refractivity contribution in [2.75, 3.05) is 0 Å². The van der Waals surface area contributed by atoms with Gasteiger partial charge in [0.2, 0.25) is 0 Å². The standard InChI is InChI=1S/C39H76O4/c1-3-4-5-6-7-8-9-10-11-12-13-14-15-16-17-18-19-24-27-30-33-36-39(42)43-37(2)34-31-28-25-22-20-21-23-26-29-32-35-38(40)41/h37H,3-36H2,1-2H3,(H,40,41). The molecule has 0 spiro atoms. The predicted octanol–water partition coefficient (Wildman–Crippen LogP) is 13.3. The summed E-state index contributed by atoms with van der Waals surface area (Å²) in [6.07, 6.45) is 42.6. The number of rotatable bonds is 36. The molecule has 1 N–H and O–H groups in total. The van der Waals surface area contributed by atoms with Gasteiger partial charge in [0.05, 0.1) is 6.10 Å². The number of hydrogen-bond acceptors (Lipinski definition) is 3. The fraction of sp³-hybridized carbons (Fsp3) is 0.949. The lowest BCUT2D eigenvalue weighted by atomic mass is 10.0. The zero-order valence-electron chi connectivity index (χ0n) is 29.3. The normalized spacial score (nSPS) is 12.0. The van der Waals surface area contributed by atoms with E-state index in [9.17, 15) is 9.59 Å². The summed E-state index contributed by atoms with van der Waals surface area (Å²) in [4.78, 5) is 22.6. The summed E-state index contributed by atoms with van der Waals surface area (Å²) in [6, 6.07) is 0. The first-order valence-electron chi connectivity index (χ1n) is 19.5. The number of hydrogen-bond donors (Lipinski definition) is 1. The van der Waals surface area contributed by atoms with Crippen molar-refractivity contribution < 1.29 is 19.4 Å². The van der Waals surface area contributed by atoms with Crippen LogP contribution in [0.5, 0.6) is 0 Å². The highest BCUT2D eigenvalue weighted by atomic mass is 16.5. The van der Waals surface area contributed by atoms with Gasteiger partial charge in [-0.05, 0) is 32.6 Å². The molecule has 4 heteroatoms. The van der Waals surface area contributed by atoms with Gasteiger partial charge in [-0.3, -0.25) is 9.59 Å². The first kappa shape index (κ1) is 41.9. The third-order valence-electron chi connectivity index (χ3n) is 9.07. The molecule has 0 aromatic rings. The third kappa shape index (κ3) is 37.0. The minimum atomic E-state index is -0.676. The largest absolute Gasteiger partial charge is 0.481 e. The second-order valence-electron chi connectivity index (χ2n) is 13.6. The van der Waals surface area contributed by atoms with Crippen molar-refractivity contribution in [3.8, 4) is 0 Å². The summed E-state index contributed by atoms with van der Waals surface area (Å²) in [6.45, 7) is 4.33. The molecule has 0 amide bonds. The molecule has 256 valence electrons. The molecule has 0 aromatic carbocycles. The maximum absolute atomic E-state index is 12.1. The van der Waals surface area contributed by atoms with Crippen molar-refractivity contribution in [3.63, 3.8) is 0 Å². The van der Waals surface area contributed by atoms with Crippen LogP contribution < -0.4 is 0 Å². The molecule has 0 rings (SSSR count). The molecule has 1 atom stereocenters. The average molecular weight is 609 g/mol. The van der Waals surface area contributed by atoms with Crippen LogP contribution in [0.1, 0.15) is 232 Å². The molecule has 0 bridgehead atoms. The predicted molar refractivity (Wildman–Crippen MR) is 186 cm³/mol. The molecule has 4 nitrogen and oxygen atoms in total. The van der Waals surface area contributed by atoms with Gasteiger partial charge in [-0.25, -0.2) is 0 Å². The van der Waals surface area contributed by atoms with E-state index in [4.69, 9.17) is 9.84 Å². The van der Waals surface area contributed by atoms with Crippen LogP contribution in [-0.2, 0) is 14.3 Å². The van der Waals surface area contributed by atoms with Crippen molar-refractivity contribution in [1.82, 2.24) is 0 Å². The highest BCUT2D eigenvalue weighted by molar-refractivity contribution is 5.69. The third-order valence-corrected chi connectivity index (χ3v) is 9.07. The van der Waals surface area contributed by atoms with Gasteiger partial charge in [0.1, 0.15) is 0 Å². The van der Waals surface area contributed by atoms with E-state index in [-0.39, 0.29) is 12.1 Å². The van der Waals surface area contributed by atoms with E-state index in [0.29, 0.717) is 12.8 Å². The molecule has 0 aliphatic rings. The molecular formula is C39H76O4. The maximum Gasteiger partial charge on any atom is 0.306 e. The molecule has 0 radical (unpaired) electrons. The quantitative estimate of drug-likeness (QED) is 0.0567. The molecule has 0 saturated heterocycles. The molecule has 0 saturated carbocycles. The minimum absolute atomic E-state index is 0.00587. The summed E-state index contributed by atoms with van der Waals surface area (Å²) in [5.74, 6) is -0.682. The summed E-state index contributed by atoms with van der Waals surface area (Å²) in [5.41, 5.74) is 0. The molecule has 0 aliphatic heterocycles. The number of aliphatic carboxylic acids is 1. The lowest BCUT2D eigenvalue weighted by Crippen LogP contribution is -2.14. The number of carboxylic acids is 1. The summed E-state index contributed by atoms with van der Waals surface area (Å²) in [7, 11) is 0. The van der Waals surface area contributed by atoms with Crippen molar-refractivity contribution in [1.29, 1.82) is 0 Å². The Morgan fingerprint density at radius 2 is 0.721 bits per heavy atom. The van der Waals surface area contributed by atoms with Gasteiger partial charge >= 0.3 is 11.9 Å². The fourth-order valence-electron chi connectivity index (χ4n) is 6.17. The van der Waals surface area contributed by atoms with Crippen LogP contribution in [0.4, 0.5) is 0 Å². The Morgan fingerprint density at radius 3 is 1.05 bits per heavy atom. The summed E-state index contributed by atoms with van der Waals surface area (Å²) >= 11 is 0. The molecule has 1 unspecified atom stereocenters. The van der Waals surface area contributed by atoms with Gasteiger partial charge in [-0.2, -0.15) is 0 Å². The highest BCUT2D eigenvalue weighted by Crippen LogP contribution is 2.17. The van der Waals surface area contributed by atoms with Crippen molar-refractivity contribution in [3.05, 3.63) is 0 Å². The van der Waals surface area contributed by atoms with Crippen LogP contribution in [0.25, 0.3) is 0 Å². The van der Waals surface area contributed by atoms with Crippen LogP contribution in [0, 0.1) is 0 Å². The van der Waals surface area contributed by atoms with Crippen LogP contribution in [-0.4, -0.2) is 23.1 Å². The van der Waals surface area contributed by atoms with E-state index in [2.05, 4.69) is 6.92 Å². The lowest BCUT2D eigenvalue weighted by Gasteiger charge is -2.13. The smallest absolute Gasteiger partial charge is 0.306 e. The van der Waals surface area contributed by atoms with Gasteiger partial charge < -0.3 is 9.84 Å². The van der Waals surface area contributed by atoms with E-state index >= 15 is 0 Å². The Morgan fingerprint density at radius 1 is 0.442 bits per heavy atom. The zero-order chi connectivity index (χ0) is 31.5. The molecular weight excluding hydrogens is 532 g/mol. The Kier molecular flexibility index (Phi) is 34.5. The van der Waals surface area contributed by atoms with Gasteiger partial charge in [-0.15, -0.1) is 0 Å². The van der Waals surface area contributed by atoms with Crippen molar-refractivity contribution in [2.24, 2.45) is 0 Å². The monoisotopic (exact) mass is 609 g/mol. The summed E-state index contributed by atoms with van der Waals surface area (Å²) < 4.78 is 5.63. The molecule has 0 fully saturated rings. The van der Waals surface area contributed by atoms with Crippen LogP contribution in [0.2, 0.25) is 0 Å². The second-order valence-corrected chi connectivity index (χ2v) is 13.6. The Labute approximate surface area is 269 Å². The number of ether oxygens (including phenoxy) is 1. The number of esters is 1. The molecule has 43 heavy (non-hydrogen) atoms. The molecule has 0 heterocycles. The number of carbonyl (C=O) groups excluding carboxylic acids is 1. The first-order chi connectivity index (χ1) is 21.1. The van der Waals surface area contributed by atoms with Gasteiger partial charge in [0, 0.05) is 12.8 Å².